The van der Waals surface area contributed by atoms with Gasteiger partial charge in [0.25, 0.3) is 5.91 Å². The predicted octanol–water partition coefficient (Wildman–Crippen LogP) is 3.52. The number of carbonyl (C=O) groups is 2. The van der Waals surface area contributed by atoms with Crippen molar-refractivity contribution in [3.8, 4) is 0 Å². The van der Waals surface area contributed by atoms with Crippen molar-refractivity contribution in [3.05, 3.63) is 75.8 Å². The van der Waals surface area contributed by atoms with Crippen molar-refractivity contribution in [3.63, 3.8) is 0 Å². The number of hydrogen-bond acceptors (Lipinski definition) is 7. The first kappa shape index (κ1) is 19.2. The van der Waals surface area contributed by atoms with Crippen LogP contribution in [0, 0.1) is 0 Å². The molecule has 1 N–H and O–H groups in total. The largest absolute Gasteiger partial charge is 0.461 e. The average molecular weight is 427 g/mol. The molecular weight excluding hydrogens is 412 g/mol. The first-order valence-corrected chi connectivity index (χ1v) is 9.95. The Balaban J connectivity index is 1.83. The number of hydrogen-bond donors (Lipinski definition) is 1. The van der Waals surface area contributed by atoms with Crippen molar-refractivity contribution in [2.45, 2.75) is 6.92 Å². The highest BCUT2D eigenvalue weighted by Gasteiger charge is 2.37. The molecule has 9 heteroatoms. The van der Waals surface area contributed by atoms with Crippen molar-refractivity contribution >= 4 is 51.7 Å². The minimum absolute atomic E-state index is 0.136. The molecule has 1 amide bonds. The van der Waals surface area contributed by atoms with Crippen molar-refractivity contribution in [1.82, 2.24) is 5.43 Å². The molecule has 0 saturated carbocycles. The monoisotopic (exact) mass is 426 g/mol. The maximum absolute atomic E-state index is 12.7. The van der Waals surface area contributed by atoms with Crippen molar-refractivity contribution in [2.75, 3.05) is 11.6 Å². The minimum atomic E-state index is -0.552. The summed E-state index contributed by atoms with van der Waals surface area (Å²) >= 11 is 7.07. The summed E-state index contributed by atoms with van der Waals surface area (Å²) in [6.07, 6.45) is 0. The third-order valence-electron chi connectivity index (χ3n) is 4.09. The fraction of sp³-hybridized carbons (Fsp3) is 0.100. The zero-order chi connectivity index (χ0) is 20.4. The summed E-state index contributed by atoms with van der Waals surface area (Å²) in [5, 5.41) is 11.3. The third-order valence-corrected chi connectivity index (χ3v) is 5.36. The van der Waals surface area contributed by atoms with E-state index in [9.17, 15) is 9.59 Å². The summed E-state index contributed by atoms with van der Waals surface area (Å²) < 4.78 is 5.09. The van der Waals surface area contributed by atoms with E-state index < -0.39 is 5.97 Å². The van der Waals surface area contributed by atoms with E-state index in [1.165, 1.54) is 5.01 Å². The van der Waals surface area contributed by atoms with Crippen LogP contribution in [0.2, 0.25) is 5.02 Å². The van der Waals surface area contributed by atoms with Gasteiger partial charge in [-0.2, -0.15) is 10.2 Å². The van der Waals surface area contributed by atoms with Gasteiger partial charge in [0.15, 0.2) is 0 Å². The number of halogens is 1. The maximum atomic E-state index is 12.7. The van der Waals surface area contributed by atoms with E-state index in [4.69, 9.17) is 16.3 Å². The Bertz CT molecular complexity index is 1060. The van der Waals surface area contributed by atoms with Gasteiger partial charge < -0.3 is 4.74 Å². The summed E-state index contributed by atoms with van der Waals surface area (Å²) in [5.41, 5.74) is 4.75. The van der Waals surface area contributed by atoms with Crippen LogP contribution in [0.4, 0.5) is 5.69 Å². The molecule has 0 bridgehead atoms. The molecule has 0 saturated heterocycles. The lowest BCUT2D eigenvalue weighted by Crippen LogP contribution is -2.21. The molecule has 0 aliphatic carbocycles. The first-order chi connectivity index (χ1) is 14.1. The predicted molar refractivity (Wildman–Crippen MR) is 114 cm³/mol. The molecule has 2 heterocycles. The van der Waals surface area contributed by atoms with Gasteiger partial charge in [-0.25, -0.2) is 15.2 Å². The van der Waals surface area contributed by atoms with Crippen LogP contribution in [-0.2, 0) is 14.3 Å². The Kier molecular flexibility index (Phi) is 5.37. The molecule has 7 nitrogen and oxygen atoms in total. The van der Waals surface area contributed by atoms with Gasteiger partial charge in [-0.1, -0.05) is 41.9 Å². The van der Waals surface area contributed by atoms with E-state index in [1.807, 2.05) is 30.3 Å². The van der Waals surface area contributed by atoms with E-state index in [1.54, 1.807) is 31.2 Å². The molecular formula is C20H15ClN4O3S. The number of amides is 1. The van der Waals surface area contributed by atoms with E-state index in [0.717, 1.165) is 17.3 Å². The van der Waals surface area contributed by atoms with Gasteiger partial charge in [-0.05, 0) is 43.0 Å². The first-order valence-electron chi connectivity index (χ1n) is 8.76. The Hall–Kier alpha value is -3.10. The molecule has 0 radical (unpaired) electrons. The van der Waals surface area contributed by atoms with Crippen LogP contribution in [-0.4, -0.2) is 29.2 Å². The van der Waals surface area contributed by atoms with E-state index >= 15 is 0 Å². The lowest BCUT2D eigenvalue weighted by molar-refractivity contribution is -0.134. The van der Waals surface area contributed by atoms with Crippen LogP contribution >= 0.6 is 23.4 Å². The highest BCUT2D eigenvalue weighted by atomic mass is 35.5. The second-order valence-electron chi connectivity index (χ2n) is 5.96. The summed E-state index contributed by atoms with van der Waals surface area (Å²) in [7, 11) is 0. The zero-order valence-electron chi connectivity index (χ0n) is 15.3. The molecule has 0 fully saturated rings. The number of rotatable bonds is 4. The molecule has 29 heavy (non-hydrogen) atoms. The van der Waals surface area contributed by atoms with Gasteiger partial charge >= 0.3 is 5.97 Å². The summed E-state index contributed by atoms with van der Waals surface area (Å²) in [4.78, 5) is 25.0. The topological polar surface area (TPSA) is 83.4 Å². The molecule has 0 spiro atoms. The number of carbonyl (C=O) groups excluding carboxylic acids is 2. The normalized spacial score (nSPS) is 18.4. The van der Waals surface area contributed by atoms with Crippen molar-refractivity contribution in [2.24, 2.45) is 10.2 Å². The number of nitrogens with one attached hydrogen (secondary N) is 1. The smallest absolute Gasteiger partial charge is 0.365 e. The van der Waals surface area contributed by atoms with Gasteiger partial charge in [-0.3, -0.25) is 4.79 Å². The third kappa shape index (κ3) is 3.76. The Morgan fingerprint density at radius 2 is 1.90 bits per heavy atom. The fourth-order valence-electron chi connectivity index (χ4n) is 2.81. The van der Waals surface area contributed by atoms with Crippen LogP contribution < -0.4 is 10.4 Å². The molecule has 2 aromatic carbocycles. The second-order valence-corrected chi connectivity index (χ2v) is 7.38. The number of anilines is 1. The maximum Gasteiger partial charge on any atom is 0.365 e. The highest BCUT2D eigenvalue weighted by Crippen LogP contribution is 2.39. The molecule has 2 aliphatic heterocycles. The summed E-state index contributed by atoms with van der Waals surface area (Å²) in [6.45, 7) is 1.95. The molecule has 0 atom stereocenters. The number of benzene rings is 2. The van der Waals surface area contributed by atoms with E-state index in [-0.39, 0.29) is 17.6 Å². The van der Waals surface area contributed by atoms with Gasteiger partial charge in [-0.15, -0.1) is 0 Å². The number of thioether (sulfide) groups is 1. The van der Waals surface area contributed by atoms with Crippen LogP contribution in [0.1, 0.15) is 12.5 Å². The number of hydrazone groups is 2. The van der Waals surface area contributed by atoms with Crippen LogP contribution in [0.5, 0.6) is 0 Å². The number of nitrogens with zero attached hydrogens (tertiary/aromatic N) is 3. The Morgan fingerprint density at radius 3 is 2.59 bits per heavy atom. The standard InChI is InChI=1S/C20H15ClN4O3S/c1-2-28-20(27)18-24-25(14-10-8-13(21)9-11-14)19(29-18)15-16(22-23-17(15)26)12-6-4-3-5-7-12/h3-11H,2H2,1H3,(H,23,26)/b19-15+. The zero-order valence-corrected chi connectivity index (χ0v) is 16.8. The lowest BCUT2D eigenvalue weighted by Gasteiger charge is -2.17. The van der Waals surface area contributed by atoms with Gasteiger partial charge in [0.2, 0.25) is 5.04 Å². The molecule has 4 rings (SSSR count). The number of ether oxygens (including phenoxy) is 1. The quantitative estimate of drug-likeness (QED) is 0.597. The highest BCUT2D eigenvalue weighted by molar-refractivity contribution is 8.19. The molecule has 146 valence electrons. The second kappa shape index (κ2) is 8.10. The Morgan fingerprint density at radius 1 is 1.17 bits per heavy atom. The van der Waals surface area contributed by atoms with Crippen molar-refractivity contribution in [1.29, 1.82) is 0 Å². The summed E-state index contributed by atoms with van der Waals surface area (Å²) in [5.74, 6) is -0.922. The molecule has 2 aliphatic rings. The fourth-order valence-corrected chi connectivity index (χ4v) is 3.91. The molecule has 0 unspecified atom stereocenters. The summed E-state index contributed by atoms with van der Waals surface area (Å²) in [6, 6.07) is 16.3. The van der Waals surface area contributed by atoms with Gasteiger partial charge in [0.05, 0.1) is 12.3 Å². The molecule has 0 aromatic heterocycles. The SMILES string of the molecule is CCOC(=O)C1=NN(c2ccc(Cl)cc2)/C(=C2\C(=O)NN=C2c2ccccc2)S1. The van der Waals surface area contributed by atoms with Gasteiger partial charge in [0, 0.05) is 10.6 Å². The van der Waals surface area contributed by atoms with Crippen LogP contribution in [0.25, 0.3) is 0 Å². The average Bonchev–Trinajstić information content (AvgIpc) is 3.33. The minimum Gasteiger partial charge on any atom is -0.461 e. The van der Waals surface area contributed by atoms with Gasteiger partial charge in [0.1, 0.15) is 16.3 Å². The van der Waals surface area contributed by atoms with Crippen molar-refractivity contribution < 1.29 is 14.3 Å². The van der Waals surface area contributed by atoms with Crippen LogP contribution in [0.15, 0.2) is 75.4 Å². The lowest BCUT2D eigenvalue weighted by atomic mass is 10.0. The Labute approximate surface area is 176 Å². The van der Waals surface area contributed by atoms with E-state index in [0.29, 0.717) is 27.0 Å². The van der Waals surface area contributed by atoms with E-state index in [2.05, 4.69) is 15.6 Å². The van der Waals surface area contributed by atoms with Crippen LogP contribution in [0.3, 0.4) is 0 Å². The molecule has 2 aromatic rings. The number of esters is 1.